The molecule has 1 amide bonds. The maximum absolute atomic E-state index is 14.4. The summed E-state index contributed by atoms with van der Waals surface area (Å²) in [4.78, 5) is 22.7. The van der Waals surface area contributed by atoms with Gasteiger partial charge in [0.25, 0.3) is 5.91 Å². The minimum atomic E-state index is -4.56. The Morgan fingerprint density at radius 3 is 2.46 bits per heavy atom. The van der Waals surface area contributed by atoms with E-state index in [-0.39, 0.29) is 58.9 Å². The van der Waals surface area contributed by atoms with E-state index < -0.39 is 28.4 Å². The molecule has 0 bridgehead atoms. The van der Waals surface area contributed by atoms with E-state index >= 15 is 0 Å². The highest BCUT2D eigenvalue weighted by molar-refractivity contribution is 7.90. The highest BCUT2D eigenvalue weighted by Gasteiger charge is 2.30. The first kappa shape index (κ1) is 48.9. The Kier molecular flexibility index (Phi) is 14.7. The maximum atomic E-state index is 14.4. The standard InChI is InChI=1S/C52H49F4N7O6S/c1-33-49(35(3)69-61-33)38-27-47-50(60-30-38)42(31-62(47)34(2)44-13-5-6-21-57-44)36-15-17-37(18-16-36)51(64)59-22-7-8-24-67-25-26-68-48-29-40(70(4,65)66)19-20-45(48)58-23-10-11-39-28-41-43(53)12-9-14-46(41)63(39)32-52(54,55)56/h5-6,9,12-21,27-31,34,58H,7-8,22-26,32H2,1-4H3,(H,59,64). The molecule has 5 heterocycles. The van der Waals surface area contributed by atoms with E-state index in [4.69, 9.17) is 19.0 Å². The Labute approximate surface area is 401 Å². The normalized spacial score (nSPS) is 12.2. The van der Waals surface area contributed by atoms with Crippen molar-refractivity contribution in [2.24, 2.45) is 0 Å². The number of hydrogen-bond donors (Lipinski definition) is 2. The van der Waals surface area contributed by atoms with Crippen molar-refractivity contribution in [1.82, 2.24) is 29.6 Å². The minimum absolute atomic E-state index is 0.0130. The van der Waals surface area contributed by atoms with Crippen LogP contribution in [0.4, 0.5) is 23.2 Å². The molecule has 0 saturated carbocycles. The number of rotatable bonds is 18. The molecule has 0 fully saturated rings. The number of carbonyl (C=O) groups is 1. The topological polar surface area (TPSA) is 155 Å². The summed E-state index contributed by atoms with van der Waals surface area (Å²) in [6.07, 6.45) is 3.49. The number of pyridine rings is 2. The summed E-state index contributed by atoms with van der Waals surface area (Å²) < 4.78 is 99.4. The highest BCUT2D eigenvalue weighted by Crippen LogP contribution is 2.37. The zero-order valence-electron chi connectivity index (χ0n) is 38.7. The summed E-state index contributed by atoms with van der Waals surface area (Å²) in [5.74, 6) is 5.52. The molecule has 0 radical (unpaired) electrons. The van der Waals surface area contributed by atoms with Crippen LogP contribution in [0.15, 0.2) is 119 Å². The van der Waals surface area contributed by atoms with Gasteiger partial charge in [0.1, 0.15) is 30.5 Å². The molecule has 0 aliphatic rings. The van der Waals surface area contributed by atoms with Crippen molar-refractivity contribution >= 4 is 43.4 Å². The van der Waals surface area contributed by atoms with Gasteiger partial charge in [0.15, 0.2) is 9.84 Å². The fraction of sp³-hybridized carbons (Fsp3) is 0.269. The molecule has 1 unspecified atom stereocenters. The predicted octanol–water partition coefficient (Wildman–Crippen LogP) is 10.1. The Morgan fingerprint density at radius 1 is 0.914 bits per heavy atom. The molecule has 0 spiro atoms. The molecule has 18 heteroatoms. The smallest absolute Gasteiger partial charge is 0.406 e. The Bertz CT molecular complexity index is 3320. The van der Waals surface area contributed by atoms with Crippen LogP contribution < -0.4 is 15.4 Å². The molecule has 5 aromatic heterocycles. The molecule has 362 valence electrons. The van der Waals surface area contributed by atoms with Gasteiger partial charge in [0.2, 0.25) is 0 Å². The molecule has 0 saturated heterocycles. The van der Waals surface area contributed by atoms with Gasteiger partial charge < -0.3 is 33.8 Å². The second-order valence-electron chi connectivity index (χ2n) is 16.7. The average molecular weight is 976 g/mol. The summed E-state index contributed by atoms with van der Waals surface area (Å²) in [5, 5.41) is 10.2. The molecular formula is C52H49F4N7O6S. The second-order valence-corrected chi connectivity index (χ2v) is 18.7. The first-order chi connectivity index (χ1) is 33.6. The Balaban J connectivity index is 0.822. The number of nitrogens with one attached hydrogen (secondary N) is 2. The van der Waals surface area contributed by atoms with Gasteiger partial charge in [-0.2, -0.15) is 13.2 Å². The first-order valence-electron chi connectivity index (χ1n) is 22.4. The van der Waals surface area contributed by atoms with Crippen molar-refractivity contribution in [3.05, 3.63) is 144 Å². The van der Waals surface area contributed by atoms with Crippen molar-refractivity contribution < 1.29 is 44.8 Å². The number of halogens is 4. The Morgan fingerprint density at radius 2 is 1.73 bits per heavy atom. The van der Waals surface area contributed by atoms with E-state index in [9.17, 15) is 30.8 Å². The SMILES string of the molecule is Cc1noc(C)c1-c1cnc2c(-c3ccc(C(=O)NCCCCOCCOc4cc(S(C)(=O)=O)ccc4NCC#Cc4cc5c(F)cccc5n4CC(F)(F)F)cc3)cn(C(C)c3ccccn3)c2c1. The molecule has 13 nitrogen and oxygen atoms in total. The summed E-state index contributed by atoms with van der Waals surface area (Å²) in [6.45, 7) is 5.56. The largest absolute Gasteiger partial charge is 0.489 e. The van der Waals surface area contributed by atoms with E-state index in [0.29, 0.717) is 43.0 Å². The van der Waals surface area contributed by atoms with Crippen LogP contribution in [0.3, 0.4) is 0 Å². The molecule has 1 atom stereocenters. The van der Waals surface area contributed by atoms with Crippen LogP contribution >= 0.6 is 0 Å². The predicted molar refractivity (Wildman–Crippen MR) is 259 cm³/mol. The van der Waals surface area contributed by atoms with Crippen molar-refractivity contribution in [2.45, 2.75) is 57.3 Å². The van der Waals surface area contributed by atoms with Gasteiger partial charge in [-0.25, -0.2) is 12.8 Å². The average Bonchev–Trinajstić information content (AvgIpc) is 4.01. The zero-order chi connectivity index (χ0) is 49.6. The number of anilines is 1. The van der Waals surface area contributed by atoms with Gasteiger partial charge in [-0.15, -0.1) is 0 Å². The lowest BCUT2D eigenvalue weighted by molar-refractivity contribution is -0.140. The Hall–Kier alpha value is -7.49. The lowest BCUT2D eigenvalue weighted by Gasteiger charge is -2.15. The van der Waals surface area contributed by atoms with E-state index in [0.717, 1.165) is 55.5 Å². The summed E-state index contributed by atoms with van der Waals surface area (Å²) in [6, 6.07) is 24.7. The summed E-state index contributed by atoms with van der Waals surface area (Å²) >= 11 is 0. The fourth-order valence-electron chi connectivity index (χ4n) is 8.18. The van der Waals surface area contributed by atoms with Crippen molar-refractivity contribution in [1.29, 1.82) is 0 Å². The van der Waals surface area contributed by atoms with Crippen LogP contribution in [0.25, 0.3) is 44.2 Å². The van der Waals surface area contributed by atoms with Gasteiger partial charge in [-0.1, -0.05) is 35.3 Å². The van der Waals surface area contributed by atoms with E-state index in [1.165, 1.54) is 42.5 Å². The molecule has 8 rings (SSSR count). The third kappa shape index (κ3) is 11.3. The van der Waals surface area contributed by atoms with E-state index in [1.807, 2.05) is 50.4 Å². The number of carbonyl (C=O) groups excluding carboxylic acids is 1. The molecule has 8 aromatic rings. The minimum Gasteiger partial charge on any atom is -0.489 e. The van der Waals surface area contributed by atoms with E-state index in [2.05, 4.69) is 56.4 Å². The summed E-state index contributed by atoms with van der Waals surface area (Å²) in [7, 11) is -3.58. The molecule has 0 aliphatic carbocycles. The summed E-state index contributed by atoms with van der Waals surface area (Å²) in [5.41, 5.74) is 8.00. The number of unbranched alkanes of at least 4 members (excludes halogenated alkanes) is 1. The molecule has 2 N–H and O–H groups in total. The van der Waals surface area contributed by atoms with Gasteiger partial charge in [-0.05, 0) is 106 Å². The van der Waals surface area contributed by atoms with Crippen LogP contribution in [0.1, 0.15) is 59.0 Å². The van der Waals surface area contributed by atoms with Crippen LogP contribution in [-0.4, -0.2) is 83.9 Å². The number of sulfone groups is 1. The second kappa shape index (κ2) is 21.0. The number of aryl methyl sites for hydroxylation is 2. The first-order valence-corrected chi connectivity index (χ1v) is 24.3. The molecular weight excluding hydrogens is 927 g/mol. The van der Waals surface area contributed by atoms with Gasteiger partial charge in [-0.3, -0.25) is 14.8 Å². The van der Waals surface area contributed by atoms with Crippen molar-refractivity contribution in [2.75, 3.05) is 44.5 Å². The molecule has 0 aliphatic heterocycles. The van der Waals surface area contributed by atoms with Crippen molar-refractivity contribution in [3.63, 3.8) is 0 Å². The van der Waals surface area contributed by atoms with Crippen LogP contribution in [0.5, 0.6) is 5.75 Å². The number of fused-ring (bicyclic) bond motifs is 2. The number of nitrogens with zero attached hydrogens (tertiary/aromatic N) is 5. The van der Waals surface area contributed by atoms with Crippen molar-refractivity contribution in [3.8, 4) is 39.8 Å². The monoisotopic (exact) mass is 975 g/mol. The lowest BCUT2D eigenvalue weighted by atomic mass is 10.0. The fourth-order valence-corrected chi connectivity index (χ4v) is 8.81. The lowest BCUT2D eigenvalue weighted by Crippen LogP contribution is -2.24. The third-order valence-electron chi connectivity index (χ3n) is 11.7. The van der Waals surface area contributed by atoms with Gasteiger partial charge in [0.05, 0.1) is 63.4 Å². The number of alkyl halides is 3. The van der Waals surface area contributed by atoms with Crippen LogP contribution in [-0.2, 0) is 21.1 Å². The number of amides is 1. The molecule has 3 aromatic carbocycles. The van der Waals surface area contributed by atoms with Crippen LogP contribution in [0, 0.1) is 31.5 Å². The number of aromatic nitrogens is 5. The number of hydrogen-bond acceptors (Lipinski definition) is 10. The van der Waals surface area contributed by atoms with Gasteiger partial charge >= 0.3 is 6.18 Å². The van der Waals surface area contributed by atoms with Crippen LogP contribution in [0.2, 0.25) is 0 Å². The number of ether oxygens (including phenoxy) is 2. The third-order valence-corrected chi connectivity index (χ3v) is 12.8. The number of benzene rings is 3. The quantitative estimate of drug-likeness (QED) is 0.0482. The molecule has 70 heavy (non-hydrogen) atoms. The highest BCUT2D eigenvalue weighted by atomic mass is 32.2. The van der Waals surface area contributed by atoms with E-state index in [1.54, 1.807) is 18.3 Å². The maximum Gasteiger partial charge on any atom is 0.406 e. The zero-order valence-corrected chi connectivity index (χ0v) is 39.5. The van der Waals surface area contributed by atoms with Gasteiger partial charge in [0, 0.05) is 71.7 Å².